The summed E-state index contributed by atoms with van der Waals surface area (Å²) in [5.74, 6) is 1.74. The van der Waals surface area contributed by atoms with Crippen LogP contribution in [0.1, 0.15) is 13.8 Å². The number of nitrogens with zero attached hydrogens (tertiary/aromatic N) is 2. The molecule has 0 spiro atoms. The van der Waals surface area contributed by atoms with Gasteiger partial charge in [0.15, 0.2) is 11.6 Å². The topological polar surface area (TPSA) is 25.4 Å². The molecule has 0 fully saturated rings. The van der Waals surface area contributed by atoms with Gasteiger partial charge in [-0.3, -0.25) is 0 Å². The van der Waals surface area contributed by atoms with E-state index in [9.17, 15) is 0 Å². The summed E-state index contributed by atoms with van der Waals surface area (Å²) >= 11 is 3.45. The summed E-state index contributed by atoms with van der Waals surface area (Å²) in [5.41, 5.74) is 0. The zero-order valence-corrected chi connectivity index (χ0v) is 11.0. The Balaban J connectivity index is 2.98. The first-order valence-electron chi connectivity index (χ1n) is 5.02. The molecule has 0 aliphatic carbocycles. The number of halogens is 1. The Kier molecular flexibility index (Phi) is 4.88. The SMILES string of the molecule is COc1cccnc1N(CCBr)C(C)C. The van der Waals surface area contributed by atoms with Gasteiger partial charge in [-0.2, -0.15) is 0 Å². The highest BCUT2D eigenvalue weighted by Gasteiger charge is 2.15. The summed E-state index contributed by atoms with van der Waals surface area (Å²) in [6.07, 6.45) is 1.79. The van der Waals surface area contributed by atoms with Gasteiger partial charge >= 0.3 is 0 Å². The third-order valence-corrected chi connectivity index (χ3v) is 2.55. The van der Waals surface area contributed by atoms with E-state index in [0.717, 1.165) is 23.4 Å². The van der Waals surface area contributed by atoms with E-state index in [1.165, 1.54) is 0 Å². The summed E-state index contributed by atoms with van der Waals surface area (Å²) in [6, 6.07) is 4.23. The molecule has 0 saturated heterocycles. The first kappa shape index (κ1) is 12.3. The van der Waals surface area contributed by atoms with E-state index in [2.05, 4.69) is 39.7 Å². The second-order valence-electron chi connectivity index (χ2n) is 3.51. The molecule has 84 valence electrons. The van der Waals surface area contributed by atoms with Gasteiger partial charge in [0.2, 0.25) is 0 Å². The predicted molar refractivity (Wildman–Crippen MR) is 67.1 cm³/mol. The maximum atomic E-state index is 5.30. The average Bonchev–Trinajstić information content (AvgIpc) is 2.25. The zero-order valence-electron chi connectivity index (χ0n) is 9.40. The molecule has 0 bridgehead atoms. The number of alkyl halides is 1. The van der Waals surface area contributed by atoms with Crippen molar-refractivity contribution in [3.05, 3.63) is 18.3 Å². The van der Waals surface area contributed by atoms with Crippen LogP contribution in [-0.2, 0) is 0 Å². The zero-order chi connectivity index (χ0) is 11.3. The molecule has 0 aliphatic heterocycles. The number of aromatic nitrogens is 1. The van der Waals surface area contributed by atoms with Crippen LogP contribution in [0.25, 0.3) is 0 Å². The van der Waals surface area contributed by atoms with Gasteiger partial charge < -0.3 is 9.64 Å². The summed E-state index contributed by atoms with van der Waals surface area (Å²) in [7, 11) is 1.67. The van der Waals surface area contributed by atoms with Crippen LogP contribution in [0.4, 0.5) is 5.82 Å². The lowest BCUT2D eigenvalue weighted by molar-refractivity contribution is 0.411. The molecule has 1 aromatic heterocycles. The summed E-state index contributed by atoms with van der Waals surface area (Å²) in [4.78, 5) is 6.59. The molecule has 1 aromatic rings. The molecule has 0 amide bonds. The monoisotopic (exact) mass is 272 g/mol. The Morgan fingerprint density at radius 2 is 2.27 bits per heavy atom. The number of hydrogen-bond donors (Lipinski definition) is 0. The van der Waals surface area contributed by atoms with Gasteiger partial charge in [0, 0.05) is 24.1 Å². The van der Waals surface area contributed by atoms with E-state index in [1.54, 1.807) is 13.3 Å². The lowest BCUT2D eigenvalue weighted by Gasteiger charge is -2.28. The van der Waals surface area contributed by atoms with Crippen molar-refractivity contribution in [2.45, 2.75) is 19.9 Å². The molecule has 0 radical (unpaired) electrons. The molecule has 4 heteroatoms. The second kappa shape index (κ2) is 5.95. The largest absolute Gasteiger partial charge is 0.493 e. The Hall–Kier alpha value is -0.770. The molecule has 15 heavy (non-hydrogen) atoms. The van der Waals surface area contributed by atoms with Crippen LogP contribution in [0.15, 0.2) is 18.3 Å². The summed E-state index contributed by atoms with van der Waals surface area (Å²) < 4.78 is 5.30. The van der Waals surface area contributed by atoms with Gasteiger partial charge in [0.1, 0.15) is 0 Å². The number of ether oxygens (including phenoxy) is 1. The molecule has 0 saturated carbocycles. The standard InChI is InChI=1S/C11H17BrN2O/c1-9(2)14(8-6-12)11-10(15-3)5-4-7-13-11/h4-5,7,9H,6,8H2,1-3H3. The van der Waals surface area contributed by atoms with Crippen molar-refractivity contribution >= 4 is 21.7 Å². The van der Waals surface area contributed by atoms with Crippen LogP contribution < -0.4 is 9.64 Å². The molecule has 1 heterocycles. The highest BCUT2D eigenvalue weighted by atomic mass is 79.9. The van der Waals surface area contributed by atoms with Crippen molar-refractivity contribution in [2.75, 3.05) is 23.9 Å². The highest BCUT2D eigenvalue weighted by molar-refractivity contribution is 9.09. The predicted octanol–water partition coefficient (Wildman–Crippen LogP) is 2.70. The second-order valence-corrected chi connectivity index (χ2v) is 4.30. The Morgan fingerprint density at radius 1 is 1.53 bits per heavy atom. The quantitative estimate of drug-likeness (QED) is 0.771. The fourth-order valence-corrected chi connectivity index (χ4v) is 1.84. The normalized spacial score (nSPS) is 10.5. The highest BCUT2D eigenvalue weighted by Crippen LogP contribution is 2.26. The fourth-order valence-electron chi connectivity index (χ4n) is 1.46. The molecule has 1 rings (SSSR count). The van der Waals surface area contributed by atoms with Crippen molar-refractivity contribution < 1.29 is 4.74 Å². The van der Waals surface area contributed by atoms with Crippen molar-refractivity contribution in [3.63, 3.8) is 0 Å². The fraction of sp³-hybridized carbons (Fsp3) is 0.545. The van der Waals surface area contributed by atoms with Crippen LogP contribution in [0, 0.1) is 0 Å². The number of anilines is 1. The van der Waals surface area contributed by atoms with Crippen LogP contribution in [0.3, 0.4) is 0 Å². The Bertz CT molecular complexity index is 304. The molecular formula is C11H17BrN2O. The molecule has 0 aliphatic rings. The van der Waals surface area contributed by atoms with Crippen LogP contribution in [0.5, 0.6) is 5.75 Å². The maximum absolute atomic E-state index is 5.30. The molecule has 0 aromatic carbocycles. The van der Waals surface area contributed by atoms with Crippen molar-refractivity contribution in [3.8, 4) is 5.75 Å². The molecular weight excluding hydrogens is 256 g/mol. The minimum atomic E-state index is 0.409. The summed E-state index contributed by atoms with van der Waals surface area (Å²) in [6.45, 7) is 5.22. The van der Waals surface area contributed by atoms with E-state index in [-0.39, 0.29) is 0 Å². The third kappa shape index (κ3) is 3.09. The average molecular weight is 273 g/mol. The van der Waals surface area contributed by atoms with Crippen LogP contribution >= 0.6 is 15.9 Å². The lowest BCUT2D eigenvalue weighted by Crippen LogP contribution is -2.33. The Morgan fingerprint density at radius 3 is 2.80 bits per heavy atom. The lowest BCUT2D eigenvalue weighted by atomic mass is 10.3. The summed E-state index contributed by atoms with van der Waals surface area (Å²) in [5, 5.41) is 0.922. The minimum absolute atomic E-state index is 0.409. The van der Waals surface area contributed by atoms with E-state index in [1.807, 2.05) is 12.1 Å². The van der Waals surface area contributed by atoms with E-state index in [4.69, 9.17) is 4.74 Å². The first-order chi connectivity index (χ1) is 7.20. The van der Waals surface area contributed by atoms with Crippen molar-refractivity contribution in [2.24, 2.45) is 0 Å². The van der Waals surface area contributed by atoms with Crippen LogP contribution in [0.2, 0.25) is 0 Å². The van der Waals surface area contributed by atoms with Gasteiger partial charge in [0.25, 0.3) is 0 Å². The maximum Gasteiger partial charge on any atom is 0.171 e. The van der Waals surface area contributed by atoms with E-state index >= 15 is 0 Å². The van der Waals surface area contributed by atoms with E-state index in [0.29, 0.717) is 6.04 Å². The van der Waals surface area contributed by atoms with Crippen LogP contribution in [-0.4, -0.2) is 30.0 Å². The van der Waals surface area contributed by atoms with Gasteiger partial charge in [-0.05, 0) is 26.0 Å². The van der Waals surface area contributed by atoms with Gasteiger partial charge in [0.05, 0.1) is 7.11 Å². The van der Waals surface area contributed by atoms with Crippen molar-refractivity contribution in [1.82, 2.24) is 4.98 Å². The third-order valence-electron chi connectivity index (χ3n) is 2.19. The number of hydrogen-bond acceptors (Lipinski definition) is 3. The number of rotatable bonds is 5. The number of methoxy groups -OCH3 is 1. The number of pyridine rings is 1. The first-order valence-corrected chi connectivity index (χ1v) is 6.14. The smallest absolute Gasteiger partial charge is 0.171 e. The molecule has 0 unspecified atom stereocenters. The van der Waals surface area contributed by atoms with Gasteiger partial charge in [-0.25, -0.2) is 4.98 Å². The molecule has 3 nitrogen and oxygen atoms in total. The Labute approximate surface area is 99.6 Å². The molecule has 0 atom stereocenters. The van der Waals surface area contributed by atoms with Gasteiger partial charge in [-0.15, -0.1) is 0 Å². The van der Waals surface area contributed by atoms with Crippen molar-refractivity contribution in [1.29, 1.82) is 0 Å². The van der Waals surface area contributed by atoms with Gasteiger partial charge in [-0.1, -0.05) is 15.9 Å². The van der Waals surface area contributed by atoms with E-state index < -0.39 is 0 Å². The molecule has 0 N–H and O–H groups in total. The minimum Gasteiger partial charge on any atom is -0.493 e.